The Morgan fingerprint density at radius 3 is 2.68 bits per heavy atom. The molecule has 0 saturated carbocycles. The quantitative estimate of drug-likeness (QED) is 0.671. The summed E-state index contributed by atoms with van der Waals surface area (Å²) < 4.78 is 0. The van der Waals surface area contributed by atoms with Crippen LogP contribution in [0.2, 0.25) is 0 Å². The fourth-order valence-electron chi connectivity index (χ4n) is 2.39. The van der Waals surface area contributed by atoms with Crippen LogP contribution in [-0.4, -0.2) is 23.1 Å². The molecule has 0 unspecified atom stereocenters. The van der Waals surface area contributed by atoms with E-state index >= 15 is 0 Å². The van der Waals surface area contributed by atoms with Crippen LogP contribution in [0.15, 0.2) is 58.3 Å². The first-order chi connectivity index (χ1) is 10.7. The van der Waals surface area contributed by atoms with Gasteiger partial charge in [-0.05, 0) is 36.9 Å². The number of carboxylic acids is 1. The molecule has 3 aromatic rings. The maximum atomic E-state index is 11.5. The molecule has 22 heavy (non-hydrogen) atoms. The normalized spacial score (nSPS) is 11.0. The van der Waals surface area contributed by atoms with Crippen LogP contribution in [0.4, 0.5) is 0 Å². The third kappa shape index (κ3) is 2.86. The van der Waals surface area contributed by atoms with E-state index in [9.17, 15) is 9.90 Å². The minimum atomic E-state index is -0.940. The Bertz CT molecular complexity index is 812. The predicted molar refractivity (Wildman–Crippen MR) is 88.6 cm³/mol. The molecule has 0 fully saturated rings. The van der Waals surface area contributed by atoms with Crippen LogP contribution < -0.4 is 5.32 Å². The van der Waals surface area contributed by atoms with Crippen LogP contribution in [0, 0.1) is 0 Å². The molecule has 0 aliphatic heterocycles. The lowest BCUT2D eigenvalue weighted by atomic mass is 10.1. The number of benzene rings is 2. The number of fused-ring (bicyclic) bond motifs is 1. The molecule has 0 amide bonds. The first-order valence-corrected chi connectivity index (χ1v) is 7.76. The molecule has 2 aromatic carbocycles. The summed E-state index contributed by atoms with van der Waals surface area (Å²) in [6, 6.07) is 15.8. The molecule has 0 radical (unpaired) electrons. The average Bonchev–Trinajstić information content (AvgIpc) is 2.87. The van der Waals surface area contributed by atoms with Gasteiger partial charge in [-0.15, -0.1) is 0 Å². The van der Waals surface area contributed by atoms with Crippen molar-refractivity contribution < 1.29 is 9.90 Å². The Morgan fingerprint density at radius 2 is 2.00 bits per heavy atom. The van der Waals surface area contributed by atoms with Crippen molar-refractivity contribution in [3.05, 3.63) is 59.8 Å². The van der Waals surface area contributed by atoms with E-state index in [0.29, 0.717) is 0 Å². The highest BCUT2D eigenvalue weighted by Crippen LogP contribution is 2.37. The largest absolute Gasteiger partial charge is 0.477 e. The summed E-state index contributed by atoms with van der Waals surface area (Å²) in [6.45, 7) is 0.749. The summed E-state index contributed by atoms with van der Waals surface area (Å²) in [4.78, 5) is 16.3. The van der Waals surface area contributed by atoms with Crippen LogP contribution in [0.3, 0.4) is 0 Å². The summed E-state index contributed by atoms with van der Waals surface area (Å²) in [7, 11) is 1.89. The Labute approximate surface area is 132 Å². The lowest BCUT2D eigenvalue weighted by Crippen LogP contribution is -2.04. The number of aromatic nitrogens is 1. The number of aromatic carboxylic acids is 1. The molecule has 0 atom stereocenters. The number of rotatable bonds is 5. The van der Waals surface area contributed by atoms with Gasteiger partial charge in [0, 0.05) is 22.3 Å². The van der Waals surface area contributed by atoms with Crippen LogP contribution >= 0.6 is 11.8 Å². The molecule has 0 aliphatic carbocycles. The van der Waals surface area contributed by atoms with Crippen molar-refractivity contribution in [2.45, 2.75) is 16.3 Å². The van der Waals surface area contributed by atoms with Crippen LogP contribution in [-0.2, 0) is 6.54 Å². The minimum absolute atomic E-state index is 0.241. The lowest BCUT2D eigenvalue weighted by Gasteiger charge is -2.04. The molecule has 0 aliphatic rings. The van der Waals surface area contributed by atoms with Crippen LogP contribution in [0.1, 0.15) is 16.1 Å². The van der Waals surface area contributed by atoms with Gasteiger partial charge in [-0.2, -0.15) is 0 Å². The maximum Gasteiger partial charge on any atom is 0.353 e. The summed E-state index contributed by atoms with van der Waals surface area (Å²) in [5.41, 5.74) is 2.21. The van der Waals surface area contributed by atoms with E-state index in [1.54, 1.807) is 0 Å². The summed E-state index contributed by atoms with van der Waals surface area (Å²) in [6.07, 6.45) is 0. The SMILES string of the molecule is CNCc1ccc2[nH]c(C(=O)O)c(Sc3ccccc3)c2c1. The number of aromatic amines is 1. The molecule has 112 valence electrons. The molecule has 3 N–H and O–H groups in total. The van der Waals surface area contributed by atoms with Crippen LogP contribution in [0.25, 0.3) is 10.9 Å². The van der Waals surface area contributed by atoms with Crippen molar-refractivity contribution in [1.29, 1.82) is 0 Å². The van der Waals surface area contributed by atoms with Gasteiger partial charge >= 0.3 is 5.97 Å². The first kappa shape index (κ1) is 14.7. The van der Waals surface area contributed by atoms with Crippen molar-refractivity contribution in [2.75, 3.05) is 7.05 Å². The van der Waals surface area contributed by atoms with Gasteiger partial charge in [-0.25, -0.2) is 4.79 Å². The van der Waals surface area contributed by atoms with Gasteiger partial charge in [0.25, 0.3) is 0 Å². The molecular formula is C17H16N2O2S. The zero-order valence-electron chi connectivity index (χ0n) is 12.1. The van der Waals surface area contributed by atoms with E-state index in [2.05, 4.69) is 10.3 Å². The van der Waals surface area contributed by atoms with Gasteiger partial charge in [0.15, 0.2) is 0 Å². The molecule has 0 saturated heterocycles. The molecule has 4 nitrogen and oxygen atoms in total. The average molecular weight is 312 g/mol. The molecule has 1 heterocycles. The third-order valence-electron chi connectivity index (χ3n) is 3.37. The van der Waals surface area contributed by atoms with E-state index in [-0.39, 0.29) is 5.69 Å². The second kappa shape index (κ2) is 6.25. The molecule has 0 bridgehead atoms. The number of nitrogens with one attached hydrogen (secondary N) is 2. The Balaban J connectivity index is 2.13. The number of carbonyl (C=O) groups is 1. The molecule has 3 rings (SSSR count). The van der Waals surface area contributed by atoms with E-state index in [1.807, 2.05) is 55.6 Å². The monoisotopic (exact) mass is 312 g/mol. The summed E-state index contributed by atoms with van der Waals surface area (Å²) in [5, 5.41) is 13.5. The zero-order chi connectivity index (χ0) is 15.5. The number of hydrogen-bond acceptors (Lipinski definition) is 3. The Kier molecular flexibility index (Phi) is 4.18. The third-order valence-corrected chi connectivity index (χ3v) is 4.51. The highest BCUT2D eigenvalue weighted by molar-refractivity contribution is 7.99. The van der Waals surface area contributed by atoms with Crippen molar-refractivity contribution in [2.24, 2.45) is 0 Å². The van der Waals surface area contributed by atoms with E-state index in [0.717, 1.165) is 32.8 Å². The van der Waals surface area contributed by atoms with Gasteiger partial charge in [0.1, 0.15) is 5.69 Å². The molecule has 0 spiro atoms. The van der Waals surface area contributed by atoms with Crippen molar-refractivity contribution in [3.8, 4) is 0 Å². The van der Waals surface area contributed by atoms with Crippen molar-refractivity contribution in [1.82, 2.24) is 10.3 Å². The fraction of sp³-hybridized carbons (Fsp3) is 0.118. The topological polar surface area (TPSA) is 65.1 Å². The van der Waals surface area contributed by atoms with Gasteiger partial charge in [-0.1, -0.05) is 36.0 Å². The summed E-state index contributed by atoms with van der Waals surface area (Å²) >= 11 is 1.47. The van der Waals surface area contributed by atoms with Gasteiger partial charge in [0.05, 0.1) is 4.90 Å². The predicted octanol–water partition coefficient (Wildman–Crippen LogP) is 3.74. The van der Waals surface area contributed by atoms with Gasteiger partial charge in [0.2, 0.25) is 0 Å². The maximum absolute atomic E-state index is 11.5. The van der Waals surface area contributed by atoms with E-state index in [1.165, 1.54) is 11.8 Å². The Hall–Kier alpha value is -2.24. The van der Waals surface area contributed by atoms with E-state index < -0.39 is 5.97 Å². The highest BCUT2D eigenvalue weighted by atomic mass is 32.2. The smallest absolute Gasteiger partial charge is 0.353 e. The zero-order valence-corrected chi connectivity index (χ0v) is 12.9. The molecular weight excluding hydrogens is 296 g/mol. The lowest BCUT2D eigenvalue weighted by molar-refractivity contribution is 0.0688. The van der Waals surface area contributed by atoms with E-state index in [4.69, 9.17) is 0 Å². The van der Waals surface area contributed by atoms with Gasteiger partial charge < -0.3 is 15.4 Å². The molecule has 1 aromatic heterocycles. The highest BCUT2D eigenvalue weighted by Gasteiger charge is 2.18. The number of hydrogen-bond donors (Lipinski definition) is 3. The first-order valence-electron chi connectivity index (χ1n) is 6.94. The fourth-order valence-corrected chi connectivity index (χ4v) is 3.44. The minimum Gasteiger partial charge on any atom is -0.477 e. The van der Waals surface area contributed by atoms with Crippen molar-refractivity contribution >= 4 is 28.6 Å². The number of H-pyrrole nitrogens is 1. The number of carboxylic acid groups (broad SMARTS) is 1. The standard InChI is InChI=1S/C17H16N2O2S/c1-18-10-11-7-8-14-13(9-11)16(15(19-14)17(20)21)22-12-5-3-2-4-6-12/h2-9,18-19H,10H2,1H3,(H,20,21). The summed E-state index contributed by atoms with van der Waals surface area (Å²) in [5.74, 6) is -0.940. The Morgan fingerprint density at radius 1 is 1.23 bits per heavy atom. The second-order valence-electron chi connectivity index (χ2n) is 4.96. The van der Waals surface area contributed by atoms with Gasteiger partial charge in [-0.3, -0.25) is 0 Å². The second-order valence-corrected chi connectivity index (χ2v) is 6.04. The molecule has 5 heteroatoms. The van der Waals surface area contributed by atoms with Crippen molar-refractivity contribution in [3.63, 3.8) is 0 Å². The van der Waals surface area contributed by atoms with Crippen LogP contribution in [0.5, 0.6) is 0 Å².